The lowest BCUT2D eigenvalue weighted by Crippen LogP contribution is -2.38. The minimum atomic E-state index is -0.208. The summed E-state index contributed by atoms with van der Waals surface area (Å²) in [6.45, 7) is 0. The third-order valence-corrected chi connectivity index (χ3v) is 3.61. The molecule has 3 unspecified atom stereocenters. The summed E-state index contributed by atoms with van der Waals surface area (Å²) >= 11 is 6.25. The van der Waals surface area contributed by atoms with Crippen LogP contribution in [0.1, 0.15) is 23.3 Å². The van der Waals surface area contributed by atoms with Crippen LogP contribution < -0.4 is 16.6 Å². The molecule has 1 aromatic heterocycles. The third kappa shape index (κ3) is 1.93. The largest absolute Gasteiger partial charge is 0.468 e. The predicted molar refractivity (Wildman–Crippen MR) is 69.9 cm³/mol. The van der Waals surface area contributed by atoms with Crippen LogP contribution in [0.15, 0.2) is 47.1 Å². The van der Waals surface area contributed by atoms with E-state index in [9.17, 15) is 0 Å². The lowest BCUT2D eigenvalue weighted by molar-refractivity contribution is 0.415. The van der Waals surface area contributed by atoms with Gasteiger partial charge in [-0.2, -0.15) is 0 Å². The monoisotopic (exact) mass is 263 g/mol. The molecule has 0 aliphatic carbocycles. The van der Waals surface area contributed by atoms with Crippen LogP contribution >= 0.6 is 11.6 Å². The normalized spacial score (nSPS) is 27.6. The molecule has 1 saturated heterocycles. The van der Waals surface area contributed by atoms with Crippen molar-refractivity contribution in [2.45, 2.75) is 18.1 Å². The molecular formula is C13H14ClN3O. The predicted octanol–water partition coefficient (Wildman–Crippen LogP) is 2.15. The molecule has 4 N–H and O–H groups in total. The Hall–Kier alpha value is -1.33. The van der Waals surface area contributed by atoms with Gasteiger partial charge in [-0.25, -0.2) is 10.9 Å². The van der Waals surface area contributed by atoms with E-state index in [1.165, 1.54) is 0 Å². The van der Waals surface area contributed by atoms with E-state index in [0.29, 0.717) is 0 Å². The Bertz CT molecular complexity index is 529. The molecule has 94 valence electrons. The molecule has 0 spiro atoms. The zero-order valence-corrected chi connectivity index (χ0v) is 10.4. The van der Waals surface area contributed by atoms with E-state index in [4.69, 9.17) is 21.8 Å². The number of benzene rings is 1. The van der Waals surface area contributed by atoms with Crippen LogP contribution in [0, 0.1) is 0 Å². The average molecular weight is 264 g/mol. The Balaban J connectivity index is 2.00. The quantitative estimate of drug-likeness (QED) is 0.777. The van der Waals surface area contributed by atoms with Gasteiger partial charge in [-0.3, -0.25) is 0 Å². The minimum absolute atomic E-state index is 0.0186. The molecule has 1 aliphatic rings. The lowest BCUT2D eigenvalue weighted by Gasteiger charge is -2.20. The second-order valence-corrected chi connectivity index (χ2v) is 4.76. The molecule has 0 saturated carbocycles. The number of nitrogens with two attached hydrogens (primary N) is 1. The van der Waals surface area contributed by atoms with Gasteiger partial charge in [0.15, 0.2) is 0 Å². The molecule has 0 radical (unpaired) electrons. The molecule has 18 heavy (non-hydrogen) atoms. The highest BCUT2D eigenvalue weighted by Crippen LogP contribution is 2.38. The van der Waals surface area contributed by atoms with Gasteiger partial charge in [-0.1, -0.05) is 29.8 Å². The van der Waals surface area contributed by atoms with Crippen LogP contribution in [0.2, 0.25) is 5.02 Å². The van der Waals surface area contributed by atoms with Crippen LogP contribution in [0.25, 0.3) is 0 Å². The van der Waals surface area contributed by atoms with Crippen molar-refractivity contribution in [1.29, 1.82) is 0 Å². The van der Waals surface area contributed by atoms with Crippen LogP contribution in [-0.2, 0) is 0 Å². The molecule has 3 rings (SSSR count). The first kappa shape index (κ1) is 11.7. The summed E-state index contributed by atoms with van der Waals surface area (Å²) in [4.78, 5) is 0. The topological polar surface area (TPSA) is 63.2 Å². The SMILES string of the molecule is NC1NNC(c2ccco2)C1c1ccccc1Cl. The van der Waals surface area contributed by atoms with Crippen molar-refractivity contribution in [3.63, 3.8) is 0 Å². The molecule has 1 aliphatic heterocycles. The molecular weight excluding hydrogens is 250 g/mol. The fourth-order valence-corrected chi connectivity index (χ4v) is 2.67. The number of hydrogen-bond acceptors (Lipinski definition) is 4. The van der Waals surface area contributed by atoms with E-state index in [1.807, 2.05) is 36.4 Å². The van der Waals surface area contributed by atoms with E-state index in [0.717, 1.165) is 16.3 Å². The number of halogens is 1. The van der Waals surface area contributed by atoms with Crippen molar-refractivity contribution in [2.24, 2.45) is 5.73 Å². The van der Waals surface area contributed by atoms with Crippen molar-refractivity contribution in [2.75, 3.05) is 0 Å². The van der Waals surface area contributed by atoms with Gasteiger partial charge < -0.3 is 10.2 Å². The van der Waals surface area contributed by atoms with Gasteiger partial charge >= 0.3 is 0 Å². The van der Waals surface area contributed by atoms with Gasteiger partial charge in [-0.15, -0.1) is 0 Å². The van der Waals surface area contributed by atoms with Crippen molar-refractivity contribution in [1.82, 2.24) is 10.9 Å². The summed E-state index contributed by atoms with van der Waals surface area (Å²) in [5.74, 6) is 0.880. The number of nitrogens with one attached hydrogen (secondary N) is 2. The molecule has 0 amide bonds. The summed E-state index contributed by atoms with van der Waals surface area (Å²) < 4.78 is 5.46. The maximum atomic E-state index is 6.25. The summed E-state index contributed by atoms with van der Waals surface area (Å²) in [6.07, 6.45) is 1.45. The maximum Gasteiger partial charge on any atom is 0.122 e. The highest BCUT2D eigenvalue weighted by atomic mass is 35.5. The van der Waals surface area contributed by atoms with E-state index in [-0.39, 0.29) is 18.1 Å². The van der Waals surface area contributed by atoms with Crippen molar-refractivity contribution in [3.05, 3.63) is 59.0 Å². The van der Waals surface area contributed by atoms with Gasteiger partial charge in [0.25, 0.3) is 0 Å². The van der Waals surface area contributed by atoms with Crippen molar-refractivity contribution < 1.29 is 4.42 Å². The van der Waals surface area contributed by atoms with Crippen molar-refractivity contribution in [3.8, 4) is 0 Å². The number of hydrogen-bond donors (Lipinski definition) is 3. The summed E-state index contributed by atoms with van der Waals surface area (Å²) in [5, 5.41) is 0.722. The molecule has 0 bridgehead atoms. The zero-order valence-electron chi connectivity index (χ0n) is 9.64. The average Bonchev–Trinajstić information content (AvgIpc) is 2.99. The summed E-state index contributed by atoms with van der Waals surface area (Å²) in [6, 6.07) is 11.5. The van der Waals surface area contributed by atoms with E-state index in [1.54, 1.807) is 6.26 Å². The number of rotatable bonds is 2. The van der Waals surface area contributed by atoms with Gasteiger partial charge in [-0.05, 0) is 23.8 Å². The first-order valence-corrected chi connectivity index (χ1v) is 6.19. The highest BCUT2D eigenvalue weighted by Gasteiger charge is 2.38. The molecule has 2 heterocycles. The van der Waals surface area contributed by atoms with Crippen molar-refractivity contribution >= 4 is 11.6 Å². The molecule has 1 aromatic carbocycles. The van der Waals surface area contributed by atoms with Gasteiger partial charge in [0.2, 0.25) is 0 Å². The standard InChI is InChI=1S/C13H14ClN3O/c14-9-5-2-1-4-8(9)11-12(16-17-13(11)15)10-6-3-7-18-10/h1-7,11-13,16-17H,15H2. The molecule has 3 atom stereocenters. The molecule has 4 nitrogen and oxygen atoms in total. The Morgan fingerprint density at radius 2 is 1.94 bits per heavy atom. The second kappa shape index (κ2) is 4.74. The van der Waals surface area contributed by atoms with Crippen LogP contribution in [0.4, 0.5) is 0 Å². The second-order valence-electron chi connectivity index (χ2n) is 4.35. The first-order chi connectivity index (χ1) is 8.77. The van der Waals surface area contributed by atoms with Crippen LogP contribution in [0.3, 0.4) is 0 Å². The van der Waals surface area contributed by atoms with Crippen LogP contribution in [0.5, 0.6) is 0 Å². The van der Waals surface area contributed by atoms with Gasteiger partial charge in [0.1, 0.15) is 5.76 Å². The zero-order chi connectivity index (χ0) is 12.5. The molecule has 5 heteroatoms. The van der Waals surface area contributed by atoms with E-state index in [2.05, 4.69) is 10.9 Å². The third-order valence-electron chi connectivity index (χ3n) is 3.27. The maximum absolute atomic E-state index is 6.25. The molecule has 1 fully saturated rings. The first-order valence-electron chi connectivity index (χ1n) is 5.82. The highest BCUT2D eigenvalue weighted by molar-refractivity contribution is 6.31. The Labute approximate surface area is 110 Å². The smallest absolute Gasteiger partial charge is 0.122 e. The van der Waals surface area contributed by atoms with E-state index >= 15 is 0 Å². The Kier molecular flexibility index (Phi) is 3.09. The fraction of sp³-hybridized carbons (Fsp3) is 0.231. The fourth-order valence-electron chi connectivity index (χ4n) is 2.41. The summed E-state index contributed by atoms with van der Waals surface area (Å²) in [5.41, 5.74) is 13.3. The van der Waals surface area contributed by atoms with Crippen LogP contribution in [-0.4, -0.2) is 6.17 Å². The lowest BCUT2D eigenvalue weighted by atomic mass is 9.89. The Morgan fingerprint density at radius 1 is 1.11 bits per heavy atom. The Morgan fingerprint density at radius 3 is 2.67 bits per heavy atom. The minimum Gasteiger partial charge on any atom is -0.468 e. The van der Waals surface area contributed by atoms with E-state index < -0.39 is 0 Å². The number of hydrazine groups is 1. The van der Waals surface area contributed by atoms with Gasteiger partial charge in [0.05, 0.1) is 18.5 Å². The number of furan rings is 1. The molecule has 2 aromatic rings. The summed E-state index contributed by atoms with van der Waals surface area (Å²) in [7, 11) is 0. The van der Waals surface area contributed by atoms with Gasteiger partial charge in [0, 0.05) is 10.9 Å².